The van der Waals surface area contributed by atoms with Crippen LogP contribution < -0.4 is 5.32 Å². The van der Waals surface area contributed by atoms with Gasteiger partial charge < -0.3 is 0 Å². The van der Waals surface area contributed by atoms with Gasteiger partial charge in [-0.25, -0.2) is 22.2 Å². The van der Waals surface area contributed by atoms with Gasteiger partial charge in [0.05, 0.1) is 10.6 Å². The van der Waals surface area contributed by atoms with E-state index in [-0.39, 0.29) is 32.9 Å². The number of aromatic nitrogens is 1. The van der Waals surface area contributed by atoms with Crippen molar-refractivity contribution in [2.45, 2.75) is 43.5 Å². The summed E-state index contributed by atoms with van der Waals surface area (Å²) < 4.78 is 54.8. The van der Waals surface area contributed by atoms with Gasteiger partial charge in [0.25, 0.3) is 5.91 Å². The molecule has 1 atom stereocenters. The van der Waals surface area contributed by atoms with Crippen LogP contribution in [-0.2, 0) is 10.0 Å². The minimum atomic E-state index is -3.63. The Morgan fingerprint density at radius 3 is 2.64 bits per heavy atom. The highest BCUT2D eigenvalue weighted by Crippen LogP contribution is 2.29. The molecule has 1 aromatic heterocycles. The quantitative estimate of drug-likeness (QED) is 0.508. The van der Waals surface area contributed by atoms with Crippen LogP contribution in [0.15, 0.2) is 52.7 Å². The molecule has 0 spiro atoms. The maximum absolute atomic E-state index is 14.0. The molecule has 2 heterocycles. The number of sulfonamides is 1. The monoisotopic (exact) mass is 491 g/mol. The van der Waals surface area contributed by atoms with Crippen molar-refractivity contribution in [3.05, 3.63) is 65.0 Å². The van der Waals surface area contributed by atoms with Gasteiger partial charge in [-0.15, -0.1) is 11.3 Å². The maximum atomic E-state index is 14.0. The molecule has 0 saturated carbocycles. The highest BCUT2D eigenvalue weighted by Gasteiger charge is 2.32. The van der Waals surface area contributed by atoms with Crippen LogP contribution in [0.1, 0.15) is 43.0 Å². The van der Waals surface area contributed by atoms with Crippen LogP contribution in [-0.4, -0.2) is 36.2 Å². The first kappa shape index (κ1) is 23.5. The number of nitrogens with zero attached hydrogens (tertiary/aromatic N) is 2. The molecule has 1 unspecified atom stereocenters. The summed E-state index contributed by atoms with van der Waals surface area (Å²) in [6.45, 7) is 2.49. The third-order valence-electron chi connectivity index (χ3n) is 5.70. The average Bonchev–Trinajstić information content (AvgIpc) is 3.27. The predicted molar refractivity (Wildman–Crippen MR) is 124 cm³/mol. The van der Waals surface area contributed by atoms with E-state index in [2.05, 4.69) is 10.3 Å². The van der Waals surface area contributed by atoms with Crippen LogP contribution in [0.3, 0.4) is 0 Å². The molecule has 2 aromatic carbocycles. The fraction of sp³-hybridized carbons (Fsp3) is 0.304. The van der Waals surface area contributed by atoms with Crippen LogP contribution in [0.4, 0.5) is 13.9 Å². The number of nitrogens with one attached hydrogen (secondary N) is 1. The number of benzene rings is 2. The van der Waals surface area contributed by atoms with Crippen molar-refractivity contribution in [1.82, 2.24) is 9.29 Å². The Balaban J connectivity index is 1.47. The number of hydrogen-bond donors (Lipinski definition) is 1. The van der Waals surface area contributed by atoms with Crippen LogP contribution in [0.2, 0.25) is 0 Å². The van der Waals surface area contributed by atoms with Crippen molar-refractivity contribution in [3.8, 4) is 11.3 Å². The number of hydrogen-bond acceptors (Lipinski definition) is 5. The molecule has 0 aliphatic carbocycles. The molecular weight excluding hydrogens is 468 g/mol. The van der Waals surface area contributed by atoms with Crippen LogP contribution in [0.25, 0.3) is 11.3 Å². The van der Waals surface area contributed by atoms with E-state index >= 15 is 0 Å². The standard InChI is InChI=1S/C23H23F2N3O3S2/c1-2-17-5-3-4-12-28(17)33(30,31)18-9-6-15(7-10-18)22(29)27-23-26-21(14-32-23)19-11-8-16(24)13-20(19)25/h6-11,13-14,17H,2-5,12H2,1H3,(H,26,27,29). The molecular formula is C23H23F2N3O3S2. The first-order chi connectivity index (χ1) is 15.8. The van der Waals surface area contributed by atoms with Crippen LogP contribution in [0.5, 0.6) is 0 Å². The van der Waals surface area contributed by atoms with Gasteiger partial charge in [0.2, 0.25) is 10.0 Å². The number of anilines is 1. The van der Waals surface area contributed by atoms with Crippen molar-refractivity contribution < 1.29 is 22.0 Å². The third kappa shape index (κ3) is 4.97. The van der Waals surface area contributed by atoms with E-state index < -0.39 is 27.6 Å². The fourth-order valence-corrected chi connectivity index (χ4v) is 6.41. The lowest BCUT2D eigenvalue weighted by atomic mass is 10.0. The average molecular weight is 492 g/mol. The normalized spacial score (nSPS) is 17.1. The van der Waals surface area contributed by atoms with Crippen molar-refractivity contribution >= 4 is 32.4 Å². The van der Waals surface area contributed by atoms with Gasteiger partial charge in [-0.3, -0.25) is 10.1 Å². The smallest absolute Gasteiger partial charge is 0.257 e. The SMILES string of the molecule is CCC1CCCCN1S(=O)(=O)c1ccc(C(=O)Nc2nc(-c3ccc(F)cc3F)cs2)cc1. The molecule has 1 N–H and O–H groups in total. The number of rotatable bonds is 6. The summed E-state index contributed by atoms with van der Waals surface area (Å²) in [6, 6.07) is 8.99. The summed E-state index contributed by atoms with van der Waals surface area (Å²) in [7, 11) is -3.63. The summed E-state index contributed by atoms with van der Waals surface area (Å²) in [5.74, 6) is -1.89. The Morgan fingerprint density at radius 1 is 1.18 bits per heavy atom. The first-order valence-electron chi connectivity index (χ1n) is 10.6. The van der Waals surface area contributed by atoms with Crippen molar-refractivity contribution in [2.75, 3.05) is 11.9 Å². The number of halogens is 2. The zero-order valence-corrected chi connectivity index (χ0v) is 19.6. The zero-order valence-electron chi connectivity index (χ0n) is 17.9. The molecule has 4 rings (SSSR count). The van der Waals surface area contributed by atoms with Gasteiger partial charge in [-0.1, -0.05) is 13.3 Å². The molecule has 0 radical (unpaired) electrons. The molecule has 10 heteroatoms. The Morgan fingerprint density at radius 2 is 1.94 bits per heavy atom. The van der Waals surface area contributed by atoms with Gasteiger partial charge in [-0.05, 0) is 55.7 Å². The number of amides is 1. The summed E-state index contributed by atoms with van der Waals surface area (Å²) in [6.07, 6.45) is 3.48. The second-order valence-corrected chi connectivity index (χ2v) is 10.6. The first-order valence-corrected chi connectivity index (χ1v) is 13.0. The molecule has 1 amide bonds. The summed E-state index contributed by atoms with van der Waals surface area (Å²) >= 11 is 1.10. The Labute approximate surface area is 195 Å². The maximum Gasteiger partial charge on any atom is 0.257 e. The van der Waals surface area contributed by atoms with Gasteiger partial charge in [0.15, 0.2) is 5.13 Å². The highest BCUT2D eigenvalue weighted by molar-refractivity contribution is 7.89. The number of piperidine rings is 1. The van der Waals surface area contributed by atoms with Crippen LogP contribution >= 0.6 is 11.3 Å². The summed E-state index contributed by atoms with van der Waals surface area (Å²) in [5.41, 5.74) is 0.677. The molecule has 1 aliphatic heterocycles. The van der Waals surface area contributed by atoms with Gasteiger partial charge in [-0.2, -0.15) is 4.31 Å². The predicted octanol–water partition coefficient (Wildman–Crippen LogP) is 5.29. The third-order valence-corrected chi connectivity index (χ3v) is 8.42. The van der Waals surface area contributed by atoms with E-state index in [0.29, 0.717) is 6.54 Å². The highest BCUT2D eigenvalue weighted by atomic mass is 32.2. The van der Waals surface area contributed by atoms with Crippen molar-refractivity contribution in [2.24, 2.45) is 0 Å². The topological polar surface area (TPSA) is 79.4 Å². The molecule has 1 fully saturated rings. The van der Waals surface area contributed by atoms with E-state index in [1.165, 1.54) is 30.3 Å². The second-order valence-electron chi connectivity index (χ2n) is 7.81. The Kier molecular flexibility index (Phi) is 6.87. The van der Waals surface area contributed by atoms with Crippen molar-refractivity contribution in [1.29, 1.82) is 0 Å². The molecule has 6 nitrogen and oxygen atoms in total. The minimum absolute atomic E-state index is 0.00299. The van der Waals surface area contributed by atoms with Crippen LogP contribution in [0, 0.1) is 11.6 Å². The lowest BCUT2D eigenvalue weighted by Gasteiger charge is -2.34. The van der Waals surface area contributed by atoms with E-state index in [1.54, 1.807) is 9.69 Å². The van der Waals surface area contributed by atoms with Gasteiger partial charge in [0, 0.05) is 35.2 Å². The summed E-state index contributed by atoms with van der Waals surface area (Å²) in [4.78, 5) is 17.0. The Bertz CT molecular complexity index is 1260. The lowest BCUT2D eigenvalue weighted by molar-refractivity contribution is 0.102. The molecule has 174 valence electrons. The second kappa shape index (κ2) is 9.66. The van der Waals surface area contributed by atoms with E-state index in [1.807, 2.05) is 6.92 Å². The molecule has 1 aliphatic rings. The molecule has 3 aromatic rings. The molecule has 0 bridgehead atoms. The molecule has 1 saturated heterocycles. The van der Waals surface area contributed by atoms with E-state index in [9.17, 15) is 22.0 Å². The zero-order chi connectivity index (χ0) is 23.6. The number of carbonyl (C=O) groups excluding carboxylic acids is 1. The fourth-order valence-electron chi connectivity index (χ4n) is 3.93. The Hall–Kier alpha value is -2.69. The number of carbonyl (C=O) groups is 1. The number of thiazole rings is 1. The van der Waals surface area contributed by atoms with E-state index in [0.717, 1.165) is 49.2 Å². The largest absolute Gasteiger partial charge is 0.298 e. The molecule has 33 heavy (non-hydrogen) atoms. The lowest BCUT2D eigenvalue weighted by Crippen LogP contribution is -2.43. The minimum Gasteiger partial charge on any atom is -0.298 e. The summed E-state index contributed by atoms with van der Waals surface area (Å²) in [5, 5.41) is 4.43. The van der Waals surface area contributed by atoms with Gasteiger partial charge in [0.1, 0.15) is 11.6 Å². The van der Waals surface area contributed by atoms with Crippen molar-refractivity contribution in [3.63, 3.8) is 0 Å². The van der Waals surface area contributed by atoms with Gasteiger partial charge >= 0.3 is 0 Å². The van der Waals surface area contributed by atoms with E-state index in [4.69, 9.17) is 0 Å².